The van der Waals surface area contributed by atoms with E-state index in [0.29, 0.717) is 11.7 Å². The van der Waals surface area contributed by atoms with Gasteiger partial charge in [0.05, 0.1) is 14.2 Å². The molecule has 7 nitrogen and oxygen atoms in total. The third-order valence-electron chi connectivity index (χ3n) is 5.11. The summed E-state index contributed by atoms with van der Waals surface area (Å²) in [6.07, 6.45) is 1.12. The summed E-state index contributed by atoms with van der Waals surface area (Å²) in [6, 6.07) is 14.5. The highest BCUT2D eigenvalue weighted by molar-refractivity contribution is 5.54. The standard InChI is InChI=1S/C20H23N5O2/c1-26-18-5-3-4-17(19(18)27-2)16-10-11-25(13-16)12-14-6-8-15(9-7-14)20-21-23-24-22-20/h3-9,16H,10-13H2,1-2H3,(H,21,22,23,24)/t16-/m1/s1. The second-order valence-corrected chi connectivity index (χ2v) is 6.74. The normalized spacial score (nSPS) is 17.2. The molecule has 0 aliphatic carbocycles. The Kier molecular flexibility index (Phi) is 5.02. The molecule has 3 aromatic rings. The van der Waals surface area contributed by atoms with Crippen molar-refractivity contribution in [3.63, 3.8) is 0 Å². The van der Waals surface area contributed by atoms with Gasteiger partial charge in [-0.1, -0.05) is 36.4 Å². The monoisotopic (exact) mass is 365 g/mol. The number of nitrogens with zero attached hydrogens (tertiary/aromatic N) is 4. The van der Waals surface area contributed by atoms with Gasteiger partial charge in [-0.25, -0.2) is 0 Å². The van der Waals surface area contributed by atoms with Crippen LogP contribution in [0.2, 0.25) is 0 Å². The Labute approximate surface area is 158 Å². The van der Waals surface area contributed by atoms with Crippen molar-refractivity contribution in [1.82, 2.24) is 25.5 Å². The van der Waals surface area contributed by atoms with Crippen molar-refractivity contribution in [3.8, 4) is 22.9 Å². The molecule has 1 fully saturated rings. The van der Waals surface area contributed by atoms with Gasteiger partial charge < -0.3 is 9.47 Å². The van der Waals surface area contributed by atoms with Crippen LogP contribution in [-0.4, -0.2) is 52.8 Å². The molecule has 0 amide bonds. The summed E-state index contributed by atoms with van der Waals surface area (Å²) in [4.78, 5) is 2.48. The lowest BCUT2D eigenvalue weighted by Gasteiger charge is -2.19. The van der Waals surface area contributed by atoms with E-state index in [0.717, 1.165) is 43.1 Å². The van der Waals surface area contributed by atoms with Crippen molar-refractivity contribution >= 4 is 0 Å². The van der Waals surface area contributed by atoms with Gasteiger partial charge in [0.2, 0.25) is 5.82 Å². The van der Waals surface area contributed by atoms with Crippen LogP contribution in [0.25, 0.3) is 11.4 Å². The van der Waals surface area contributed by atoms with Gasteiger partial charge in [0, 0.05) is 30.1 Å². The summed E-state index contributed by atoms with van der Waals surface area (Å²) in [6.45, 7) is 3.00. The van der Waals surface area contributed by atoms with Crippen molar-refractivity contribution in [2.45, 2.75) is 18.9 Å². The van der Waals surface area contributed by atoms with Crippen LogP contribution in [0.4, 0.5) is 0 Å². The van der Waals surface area contributed by atoms with Crippen LogP contribution < -0.4 is 9.47 Å². The number of para-hydroxylation sites is 1. The zero-order valence-electron chi connectivity index (χ0n) is 15.6. The maximum Gasteiger partial charge on any atom is 0.204 e. The SMILES string of the molecule is COc1cccc([C@@H]2CCN(Cc3ccc(-c4nn[nH]n4)cc3)C2)c1OC. The average Bonchev–Trinajstić information content (AvgIpc) is 3.40. The predicted octanol–water partition coefficient (Wildman–Crippen LogP) is 2.87. The third kappa shape index (κ3) is 3.64. The molecule has 0 saturated carbocycles. The quantitative estimate of drug-likeness (QED) is 0.724. The molecule has 0 unspecified atom stereocenters. The number of aromatic nitrogens is 4. The number of ether oxygens (including phenoxy) is 2. The fraction of sp³-hybridized carbons (Fsp3) is 0.350. The number of likely N-dealkylation sites (tertiary alicyclic amines) is 1. The van der Waals surface area contributed by atoms with Crippen LogP contribution in [0, 0.1) is 0 Å². The number of methoxy groups -OCH3 is 2. The zero-order valence-corrected chi connectivity index (χ0v) is 15.6. The molecular formula is C20H23N5O2. The molecule has 2 heterocycles. The number of nitrogens with one attached hydrogen (secondary N) is 1. The second kappa shape index (κ2) is 7.75. The van der Waals surface area contributed by atoms with Crippen LogP contribution in [-0.2, 0) is 6.54 Å². The van der Waals surface area contributed by atoms with E-state index >= 15 is 0 Å². The Morgan fingerprint density at radius 1 is 1.11 bits per heavy atom. The minimum Gasteiger partial charge on any atom is -0.493 e. The van der Waals surface area contributed by atoms with E-state index in [1.54, 1.807) is 14.2 Å². The van der Waals surface area contributed by atoms with E-state index in [9.17, 15) is 0 Å². The fourth-order valence-corrected chi connectivity index (χ4v) is 3.77. The predicted molar refractivity (Wildman–Crippen MR) is 102 cm³/mol. The minimum absolute atomic E-state index is 0.452. The van der Waals surface area contributed by atoms with Crippen molar-refractivity contribution < 1.29 is 9.47 Å². The third-order valence-corrected chi connectivity index (χ3v) is 5.11. The van der Waals surface area contributed by atoms with E-state index in [2.05, 4.69) is 43.7 Å². The first-order chi connectivity index (χ1) is 13.3. The molecule has 1 aliphatic rings. The van der Waals surface area contributed by atoms with Crippen LogP contribution in [0.3, 0.4) is 0 Å². The number of hydrogen-bond donors (Lipinski definition) is 1. The van der Waals surface area contributed by atoms with Gasteiger partial charge >= 0.3 is 0 Å². The molecule has 27 heavy (non-hydrogen) atoms. The molecule has 1 aromatic heterocycles. The van der Waals surface area contributed by atoms with Crippen molar-refractivity contribution in [3.05, 3.63) is 53.6 Å². The van der Waals surface area contributed by atoms with Crippen molar-refractivity contribution in [2.75, 3.05) is 27.3 Å². The first-order valence-electron chi connectivity index (χ1n) is 9.04. The van der Waals surface area contributed by atoms with Gasteiger partial charge in [-0.2, -0.15) is 5.21 Å². The Hall–Kier alpha value is -2.93. The van der Waals surface area contributed by atoms with Crippen LogP contribution in [0.1, 0.15) is 23.5 Å². The van der Waals surface area contributed by atoms with Gasteiger partial charge in [-0.15, -0.1) is 10.2 Å². The van der Waals surface area contributed by atoms with Gasteiger partial charge in [-0.05, 0) is 29.8 Å². The molecule has 140 valence electrons. The van der Waals surface area contributed by atoms with Gasteiger partial charge in [0.1, 0.15) is 0 Å². The van der Waals surface area contributed by atoms with Crippen LogP contribution >= 0.6 is 0 Å². The van der Waals surface area contributed by atoms with Crippen molar-refractivity contribution in [2.24, 2.45) is 0 Å². The largest absolute Gasteiger partial charge is 0.493 e. The Balaban J connectivity index is 1.43. The maximum atomic E-state index is 5.62. The number of tetrazole rings is 1. The number of hydrogen-bond acceptors (Lipinski definition) is 6. The minimum atomic E-state index is 0.452. The number of aromatic amines is 1. The lowest BCUT2D eigenvalue weighted by Crippen LogP contribution is -2.19. The Morgan fingerprint density at radius 3 is 2.67 bits per heavy atom. The molecular weight excluding hydrogens is 342 g/mol. The van der Waals surface area contributed by atoms with Crippen molar-refractivity contribution in [1.29, 1.82) is 0 Å². The molecule has 4 rings (SSSR count). The summed E-state index contributed by atoms with van der Waals surface area (Å²) < 4.78 is 11.1. The molecule has 7 heteroatoms. The van der Waals surface area contributed by atoms with E-state index in [1.807, 2.05) is 24.3 Å². The highest BCUT2D eigenvalue weighted by Gasteiger charge is 2.27. The second-order valence-electron chi connectivity index (χ2n) is 6.74. The smallest absolute Gasteiger partial charge is 0.204 e. The lowest BCUT2D eigenvalue weighted by atomic mass is 9.97. The lowest BCUT2D eigenvalue weighted by molar-refractivity contribution is 0.323. The van der Waals surface area contributed by atoms with Gasteiger partial charge in [0.25, 0.3) is 0 Å². The highest BCUT2D eigenvalue weighted by atomic mass is 16.5. The number of benzene rings is 2. The Bertz CT molecular complexity index is 880. The van der Waals surface area contributed by atoms with Crippen LogP contribution in [0.15, 0.2) is 42.5 Å². The molecule has 1 saturated heterocycles. The van der Waals surface area contributed by atoms with E-state index < -0.39 is 0 Å². The highest BCUT2D eigenvalue weighted by Crippen LogP contribution is 2.39. The van der Waals surface area contributed by atoms with Gasteiger partial charge in [-0.3, -0.25) is 4.90 Å². The summed E-state index contributed by atoms with van der Waals surface area (Å²) in [7, 11) is 3.39. The first-order valence-corrected chi connectivity index (χ1v) is 9.04. The fourth-order valence-electron chi connectivity index (χ4n) is 3.77. The van der Waals surface area contributed by atoms with E-state index in [1.165, 1.54) is 11.1 Å². The maximum absolute atomic E-state index is 5.62. The summed E-state index contributed by atoms with van der Waals surface area (Å²) in [5, 5.41) is 14.1. The summed E-state index contributed by atoms with van der Waals surface area (Å²) >= 11 is 0. The Morgan fingerprint density at radius 2 is 1.96 bits per heavy atom. The van der Waals surface area contributed by atoms with E-state index in [-0.39, 0.29) is 0 Å². The molecule has 1 N–H and O–H groups in total. The van der Waals surface area contributed by atoms with Crippen LogP contribution in [0.5, 0.6) is 11.5 Å². The van der Waals surface area contributed by atoms with Gasteiger partial charge in [0.15, 0.2) is 11.5 Å². The molecule has 0 spiro atoms. The summed E-state index contributed by atoms with van der Waals surface area (Å²) in [5.74, 6) is 2.73. The topological polar surface area (TPSA) is 76.2 Å². The molecule has 1 aliphatic heterocycles. The van der Waals surface area contributed by atoms with E-state index in [4.69, 9.17) is 9.47 Å². The average molecular weight is 365 g/mol. The first kappa shape index (κ1) is 17.5. The number of H-pyrrole nitrogens is 1. The molecule has 0 radical (unpaired) electrons. The zero-order chi connectivity index (χ0) is 18.6. The molecule has 2 aromatic carbocycles. The molecule has 0 bridgehead atoms. The molecule has 1 atom stereocenters. The number of rotatable bonds is 6. The summed E-state index contributed by atoms with van der Waals surface area (Å²) in [5.41, 5.74) is 3.47.